The van der Waals surface area contributed by atoms with E-state index in [0.29, 0.717) is 64.2 Å². The molecule has 732 valence electrons. The smallest absolute Gasteiger partial charge is 0.246 e. The molecule has 18 amide bonds. The van der Waals surface area contributed by atoms with Crippen molar-refractivity contribution in [3.05, 3.63) is 120 Å². The van der Waals surface area contributed by atoms with Crippen molar-refractivity contribution in [2.45, 2.75) is 233 Å². The van der Waals surface area contributed by atoms with Gasteiger partial charge in [-0.2, -0.15) is 0 Å². The second-order valence-electron chi connectivity index (χ2n) is 34.2. The molecule has 3 saturated heterocycles. The number of para-hydroxylation sites is 2. The Morgan fingerprint density at radius 3 is 1.64 bits per heavy atom. The molecule has 3 aromatic carbocycles. The Bertz CT molecular complexity index is 5210. The maximum absolute atomic E-state index is 15.8. The van der Waals surface area contributed by atoms with Crippen molar-refractivity contribution in [3.63, 3.8) is 0 Å². The van der Waals surface area contributed by atoms with E-state index in [4.69, 9.17) is 28.7 Å². The summed E-state index contributed by atoms with van der Waals surface area (Å²) in [4.78, 5) is 282. The molecule has 3 aromatic heterocycles. The number of phenols is 1. The van der Waals surface area contributed by atoms with E-state index in [1.807, 2.05) is 13.8 Å². The fourth-order valence-corrected chi connectivity index (χ4v) is 17.5. The molecular weight excluding hydrogens is 1770 g/mol. The molecular formula is C90H126N24O20S. The monoisotopic (exact) mass is 1890 g/mol. The topological polar surface area (TPSA) is 675 Å². The van der Waals surface area contributed by atoms with Crippen LogP contribution in [0.1, 0.15) is 139 Å². The Morgan fingerprint density at radius 2 is 1.04 bits per heavy atom. The molecule has 0 bridgehead atoms. The van der Waals surface area contributed by atoms with Gasteiger partial charge in [0.15, 0.2) is 0 Å². The summed E-state index contributed by atoms with van der Waals surface area (Å²) in [6, 6.07) is -2.13. The highest BCUT2D eigenvalue weighted by molar-refractivity contribution is 8.00. The van der Waals surface area contributed by atoms with E-state index in [9.17, 15) is 58.2 Å². The number of unbranched alkanes of at least 4 members (excludes halogenated alkanes) is 2. The Labute approximate surface area is 783 Å². The lowest BCUT2D eigenvalue weighted by Crippen LogP contribution is -2.61. The van der Waals surface area contributed by atoms with Crippen molar-refractivity contribution in [2.75, 3.05) is 65.4 Å². The molecule has 0 unspecified atom stereocenters. The van der Waals surface area contributed by atoms with Crippen molar-refractivity contribution < 1.29 is 96.5 Å². The Balaban J connectivity index is 1.11. The van der Waals surface area contributed by atoms with Crippen molar-refractivity contribution >= 4 is 140 Å². The zero-order valence-corrected chi connectivity index (χ0v) is 77.3. The molecule has 45 heteroatoms. The lowest BCUT2D eigenvalue weighted by Gasteiger charge is -2.36. The highest BCUT2D eigenvalue weighted by Gasteiger charge is 2.47. The first-order valence-electron chi connectivity index (χ1n) is 45.2. The number of aromatic amines is 3. The van der Waals surface area contributed by atoms with Gasteiger partial charge in [-0.05, 0) is 112 Å². The number of aromatic hydroxyl groups is 1. The minimum Gasteiger partial charge on any atom is -0.508 e. The van der Waals surface area contributed by atoms with Crippen LogP contribution < -0.4 is 81.8 Å². The third-order valence-corrected chi connectivity index (χ3v) is 25.3. The number of thioether (sulfide) groups is 1. The molecule has 6 heterocycles. The molecule has 3 aliphatic rings. The zero-order chi connectivity index (χ0) is 98.4. The molecule has 0 saturated carbocycles. The maximum atomic E-state index is 15.8. The molecule has 0 spiro atoms. The predicted molar refractivity (Wildman–Crippen MR) is 494 cm³/mol. The van der Waals surface area contributed by atoms with E-state index in [1.54, 1.807) is 60.9 Å². The number of amides is 18. The van der Waals surface area contributed by atoms with Crippen LogP contribution >= 0.6 is 11.8 Å². The number of fused-ring (bicyclic) bond motifs is 4. The van der Waals surface area contributed by atoms with Crippen LogP contribution in [0.2, 0.25) is 0 Å². The van der Waals surface area contributed by atoms with Gasteiger partial charge in [-0.1, -0.05) is 88.1 Å². The van der Waals surface area contributed by atoms with Gasteiger partial charge in [0.1, 0.15) is 90.3 Å². The van der Waals surface area contributed by atoms with Crippen molar-refractivity contribution in [1.29, 1.82) is 0 Å². The predicted octanol–water partition coefficient (Wildman–Crippen LogP) is -3.88. The number of likely N-dealkylation sites (N-methyl/N-ethyl adjacent to an activating group) is 3. The molecule has 6 aromatic rings. The minimum absolute atomic E-state index is 0.00524. The van der Waals surface area contributed by atoms with Gasteiger partial charge in [-0.25, -0.2) is 4.98 Å². The number of imidazole rings is 1. The second-order valence-corrected chi connectivity index (χ2v) is 35.2. The van der Waals surface area contributed by atoms with Crippen LogP contribution in [0, 0.1) is 0 Å². The normalized spacial score (nSPS) is 24.7. The Kier molecular flexibility index (Phi) is 39.3. The van der Waals surface area contributed by atoms with Crippen LogP contribution in [0.5, 0.6) is 5.75 Å². The van der Waals surface area contributed by atoms with Gasteiger partial charge in [0.25, 0.3) is 0 Å². The van der Waals surface area contributed by atoms with Gasteiger partial charge in [-0.3, -0.25) is 86.3 Å². The SMILES string of the molecule is CCCC[C@H]1C(=O)N(C)[C@@H](CCCC)C(=O)N[C@@H](CCN)C(=O)N[C@H](C(=O)NCC(N)=O)CSCC(=O)N[C@@H](Cc2ccc(O)cc2)C(=O)N(C)[C@@H](C)C(=O)N[C@@H](CC(N)=O)C(=O)N2CCC[C@H]2C(=O)N[C@@H](Cc2cnc[nH]2)C(=O)N[C@@H](CCC(N)=O)C(=O)N2C[C@H](O)C[C@H]2C(=O)N[C@@H](Cc2c[nH]c3ccccc23)C(=O)N[C@@H](CCCN)C(=O)N[C@@H](Cc2c[nH]c3ccccc23)C(=O)N1C. The first-order valence-corrected chi connectivity index (χ1v) is 46.4. The van der Waals surface area contributed by atoms with E-state index >= 15 is 38.4 Å². The number of carbonyl (C=O) groups is 18. The number of primary amides is 3. The molecule has 15 atom stereocenters. The highest BCUT2D eigenvalue weighted by atomic mass is 32.2. The average molecular weight is 1900 g/mol. The minimum atomic E-state index is -1.81. The van der Waals surface area contributed by atoms with Gasteiger partial charge in [0, 0.05) is 125 Å². The summed E-state index contributed by atoms with van der Waals surface area (Å²) in [5.74, 6) is -18.2. The van der Waals surface area contributed by atoms with Crippen LogP contribution in [0.3, 0.4) is 0 Å². The van der Waals surface area contributed by atoms with E-state index in [2.05, 4.69) is 73.1 Å². The fourth-order valence-electron chi connectivity index (χ4n) is 16.7. The van der Waals surface area contributed by atoms with Gasteiger partial charge < -0.3 is 132 Å². The van der Waals surface area contributed by atoms with Crippen molar-refractivity contribution in [2.24, 2.45) is 28.7 Å². The third-order valence-electron chi connectivity index (χ3n) is 24.3. The Morgan fingerprint density at radius 1 is 0.504 bits per heavy atom. The van der Waals surface area contributed by atoms with Crippen LogP contribution in [0.15, 0.2) is 97.7 Å². The van der Waals surface area contributed by atoms with Gasteiger partial charge in [0.05, 0.1) is 31.1 Å². The lowest BCUT2D eigenvalue weighted by atomic mass is 9.99. The molecule has 3 aliphatic heterocycles. The number of aliphatic hydroxyl groups is 1. The van der Waals surface area contributed by atoms with Crippen molar-refractivity contribution in [3.8, 4) is 5.75 Å². The number of carbonyl (C=O) groups excluding carboxylic acids is 18. The van der Waals surface area contributed by atoms with E-state index in [-0.39, 0.29) is 102 Å². The Hall–Kier alpha value is -13.6. The second kappa shape index (κ2) is 50.5. The number of H-pyrrole nitrogens is 3. The van der Waals surface area contributed by atoms with Crippen LogP contribution in [0.25, 0.3) is 21.8 Å². The number of nitrogens with zero attached hydrogens (tertiary/aromatic N) is 6. The number of rotatable bonds is 27. The van der Waals surface area contributed by atoms with Crippen molar-refractivity contribution in [1.82, 2.24) is 97.6 Å². The summed E-state index contributed by atoms with van der Waals surface area (Å²) in [6.45, 7) is 3.30. The number of hydrogen-bond acceptors (Lipinski definition) is 24. The van der Waals surface area contributed by atoms with Crippen LogP contribution in [0.4, 0.5) is 0 Å². The van der Waals surface area contributed by atoms with Crippen LogP contribution in [-0.2, 0) is 112 Å². The first kappa shape index (κ1) is 105. The molecule has 44 nitrogen and oxygen atoms in total. The molecule has 0 radical (unpaired) electrons. The lowest BCUT2D eigenvalue weighted by molar-refractivity contribution is -0.149. The fraction of sp³-hybridized carbons (Fsp3) is 0.522. The number of nitrogens with two attached hydrogens (primary N) is 5. The maximum Gasteiger partial charge on any atom is 0.246 e. The zero-order valence-electron chi connectivity index (χ0n) is 76.5. The molecule has 9 rings (SSSR count). The average Bonchev–Trinajstić information content (AvgIpc) is 1.67. The summed E-state index contributed by atoms with van der Waals surface area (Å²) in [5, 5.41) is 49.5. The van der Waals surface area contributed by atoms with Gasteiger partial charge >= 0.3 is 0 Å². The standard InChI is InChI=1S/C90H126N24O20S/c1-7-9-22-69-83(127)103-61(31-33-92)80(124)109-68(78(122)99-44-75(95)119)46-135-47-76(120)101-65(35-50-25-27-54(115)28-26-50)86(130)110(4)49(3)77(121)107-67(40-74(94)118)89(133)113-34-16-24-70(113)84(128)106-64(38-53-43-96-48-100-53)82(126)104-62(29-30-73(93)117)88(132)114-45-55(116)39-72(114)85(129)105-63(36-51-41-97-58-19-13-11-17-56(51)58)81(125)102-60(21-15-32-91)79(123)108-66(37-52-42-98-59-20-14-12-18-57(52)59)87(131)112(6)71(23-10-8-2)90(134)111(69)5/h11-14,17-20,25-28,41-43,48-49,55,60-72,97-98,115-116H,7-10,15-16,21-24,29-40,44-47,91-92H2,1-6H3,(H2,93,117)(H2,94,118)(H2,95,119)(H,96,100)(H,99,122)(H,101,120)(H,102,125)(H,103,127)(H,104,126)(H,105,129)(H,106,128)(H,107,121)(H,108,123)(H,109,124)/t49-,55+,60-,61-,62-,63-,64-,65-,66-,67-,68-,69-,70-,71-,72-/m0/s1. The van der Waals surface area contributed by atoms with Crippen LogP contribution in [-0.4, -0.2) is 317 Å². The third kappa shape index (κ3) is 29.2. The summed E-state index contributed by atoms with van der Waals surface area (Å²) in [7, 11) is 3.94. The largest absolute Gasteiger partial charge is 0.508 e. The highest BCUT2D eigenvalue weighted by Crippen LogP contribution is 2.28. The summed E-state index contributed by atoms with van der Waals surface area (Å²) >= 11 is 0.767. The molecule has 135 heavy (non-hydrogen) atoms. The number of hydrogen-bond donors (Lipinski definition) is 20. The van der Waals surface area contributed by atoms with E-state index in [1.165, 1.54) is 69.8 Å². The summed E-state index contributed by atoms with van der Waals surface area (Å²) in [6.07, 6.45) is 2.40. The molecule has 3 fully saturated rings. The quantitative estimate of drug-likeness (QED) is 0.0235. The van der Waals surface area contributed by atoms with E-state index in [0.717, 1.165) is 31.4 Å². The van der Waals surface area contributed by atoms with E-state index < -0.39 is 247 Å². The number of aromatic nitrogens is 4. The summed E-state index contributed by atoms with van der Waals surface area (Å²) < 4.78 is 0. The summed E-state index contributed by atoms with van der Waals surface area (Å²) in [5.41, 5.74) is 32.0. The number of phenolic OH excluding ortho intramolecular Hbond substituents is 1. The molecule has 0 aliphatic carbocycles. The number of nitrogens with one attached hydrogen (secondary N) is 13. The number of benzene rings is 3. The molecule has 25 N–H and O–H groups in total. The number of aliphatic hydroxyl groups excluding tert-OH is 1. The first-order chi connectivity index (χ1) is 64.4. The van der Waals surface area contributed by atoms with Gasteiger partial charge in [0.2, 0.25) is 106 Å². The van der Waals surface area contributed by atoms with Gasteiger partial charge in [-0.15, -0.1) is 11.8 Å².